The van der Waals surface area contributed by atoms with Crippen LogP contribution >= 0.6 is 0 Å². The lowest BCUT2D eigenvalue weighted by atomic mass is 10.1. The summed E-state index contributed by atoms with van der Waals surface area (Å²) in [7, 11) is 1.57. The van der Waals surface area contributed by atoms with Gasteiger partial charge < -0.3 is 4.74 Å². The molecule has 0 radical (unpaired) electrons. The van der Waals surface area contributed by atoms with E-state index in [2.05, 4.69) is 24.9 Å². The molecule has 0 N–H and O–H groups in total. The first kappa shape index (κ1) is 11.4. The van der Waals surface area contributed by atoms with E-state index in [1.165, 1.54) is 0 Å². The molecule has 70 valence electrons. The van der Waals surface area contributed by atoms with Crippen LogP contribution in [-0.4, -0.2) is 13.8 Å². The fourth-order valence-electron chi connectivity index (χ4n) is 0.881. The summed E-state index contributed by atoms with van der Waals surface area (Å²) in [6, 6.07) is 0. The van der Waals surface area contributed by atoms with Crippen molar-refractivity contribution in [1.29, 1.82) is 0 Å². The maximum Gasteiger partial charge on any atom is 0.121 e. The van der Waals surface area contributed by atoms with Crippen LogP contribution in [0.1, 0.15) is 6.92 Å². The Bertz CT molecular complexity index is 272. The summed E-state index contributed by atoms with van der Waals surface area (Å²) in [6.45, 7) is 12.7. The fourth-order valence-corrected chi connectivity index (χ4v) is 0.881. The quantitative estimate of drug-likeness (QED) is 0.359. The number of hydrogen-bond acceptors (Lipinski definition) is 2. The molecular weight excluding hydrogens is 162 g/mol. The summed E-state index contributed by atoms with van der Waals surface area (Å²) in [5.74, 6) is 0.556. The normalized spacial score (nSPS) is 12.2. The van der Waals surface area contributed by atoms with Gasteiger partial charge in [-0.15, -0.1) is 0 Å². The number of aliphatic imine (C=N–C) groups is 1. The van der Waals surface area contributed by atoms with Crippen LogP contribution in [-0.2, 0) is 4.74 Å². The second-order valence-corrected chi connectivity index (χ2v) is 2.28. The van der Waals surface area contributed by atoms with E-state index in [4.69, 9.17) is 4.74 Å². The van der Waals surface area contributed by atoms with E-state index < -0.39 is 0 Å². The second kappa shape index (κ2) is 6.00. The zero-order valence-corrected chi connectivity index (χ0v) is 8.21. The van der Waals surface area contributed by atoms with Gasteiger partial charge in [-0.1, -0.05) is 25.3 Å². The lowest BCUT2D eigenvalue weighted by molar-refractivity contribution is 0.304. The van der Waals surface area contributed by atoms with Crippen molar-refractivity contribution in [3.05, 3.63) is 48.4 Å². The van der Waals surface area contributed by atoms with Crippen LogP contribution in [0.4, 0.5) is 0 Å². The minimum Gasteiger partial charge on any atom is -0.497 e. The van der Waals surface area contributed by atoms with Crippen LogP contribution in [0.5, 0.6) is 0 Å². The van der Waals surface area contributed by atoms with Gasteiger partial charge in [-0.2, -0.15) is 0 Å². The first-order valence-electron chi connectivity index (χ1n) is 3.90. The number of methoxy groups -OCH3 is 1. The maximum atomic E-state index is 5.01. The molecule has 0 amide bonds. The van der Waals surface area contributed by atoms with E-state index in [-0.39, 0.29) is 0 Å². The first-order chi connectivity index (χ1) is 6.21. The third-order valence-corrected chi connectivity index (χ3v) is 1.55. The Morgan fingerprint density at radius 1 is 1.46 bits per heavy atom. The molecular formula is C11H15NO. The van der Waals surface area contributed by atoms with Crippen molar-refractivity contribution in [1.82, 2.24) is 0 Å². The molecule has 2 heteroatoms. The van der Waals surface area contributed by atoms with Crippen molar-refractivity contribution in [2.45, 2.75) is 6.92 Å². The Hall–Kier alpha value is -1.57. The van der Waals surface area contributed by atoms with Gasteiger partial charge in [0.1, 0.15) is 5.76 Å². The van der Waals surface area contributed by atoms with E-state index >= 15 is 0 Å². The Morgan fingerprint density at radius 3 is 2.38 bits per heavy atom. The van der Waals surface area contributed by atoms with E-state index in [1.807, 2.05) is 13.0 Å². The zero-order valence-electron chi connectivity index (χ0n) is 8.21. The van der Waals surface area contributed by atoms with Crippen LogP contribution < -0.4 is 0 Å². The summed E-state index contributed by atoms with van der Waals surface area (Å²) in [5, 5.41) is 0. The van der Waals surface area contributed by atoms with Crippen molar-refractivity contribution in [3.63, 3.8) is 0 Å². The molecule has 2 nitrogen and oxygen atoms in total. The van der Waals surface area contributed by atoms with Crippen molar-refractivity contribution >= 4 is 6.72 Å². The number of nitrogens with zero attached hydrogens (tertiary/aromatic N) is 1. The molecule has 0 bridgehead atoms. The van der Waals surface area contributed by atoms with E-state index in [0.29, 0.717) is 5.76 Å². The standard InChI is InChI=1S/C11H15NO/c1-6-8-10(9(3)13-5)11(7-2)12-4/h6-8H,1,3-4H2,2,5H3/b10-8-,11-7+. The van der Waals surface area contributed by atoms with Gasteiger partial charge in [0.2, 0.25) is 0 Å². The summed E-state index contributed by atoms with van der Waals surface area (Å²) in [6.07, 6.45) is 5.29. The summed E-state index contributed by atoms with van der Waals surface area (Å²) >= 11 is 0. The molecule has 0 aliphatic carbocycles. The molecule has 0 atom stereocenters. The summed E-state index contributed by atoms with van der Waals surface area (Å²) in [4.78, 5) is 3.85. The van der Waals surface area contributed by atoms with E-state index in [1.54, 1.807) is 19.3 Å². The van der Waals surface area contributed by atoms with Crippen molar-refractivity contribution in [3.8, 4) is 0 Å². The molecule has 0 aliphatic heterocycles. The maximum absolute atomic E-state index is 5.01. The predicted octanol–water partition coefficient (Wildman–Crippen LogP) is 2.86. The number of hydrogen-bond donors (Lipinski definition) is 0. The minimum absolute atomic E-state index is 0.556. The molecule has 0 aromatic rings. The molecule has 0 saturated carbocycles. The van der Waals surface area contributed by atoms with Gasteiger partial charge in [0.25, 0.3) is 0 Å². The van der Waals surface area contributed by atoms with Gasteiger partial charge in [-0.05, 0) is 19.7 Å². The number of rotatable bonds is 5. The fraction of sp³-hybridized carbons (Fsp3) is 0.182. The molecule has 0 aliphatic rings. The molecule has 0 aromatic carbocycles. The molecule has 0 fully saturated rings. The first-order valence-corrected chi connectivity index (χ1v) is 3.90. The van der Waals surface area contributed by atoms with Gasteiger partial charge in [0.15, 0.2) is 0 Å². The Balaban J connectivity index is 5.02. The topological polar surface area (TPSA) is 21.6 Å². The van der Waals surface area contributed by atoms with Crippen LogP contribution in [0.3, 0.4) is 0 Å². The average molecular weight is 177 g/mol. The molecule has 13 heavy (non-hydrogen) atoms. The zero-order chi connectivity index (χ0) is 10.3. The molecule has 0 saturated heterocycles. The van der Waals surface area contributed by atoms with Gasteiger partial charge in [-0.25, -0.2) is 0 Å². The molecule has 0 aromatic heterocycles. The summed E-state index contributed by atoms with van der Waals surface area (Å²) in [5.41, 5.74) is 1.54. The highest BCUT2D eigenvalue weighted by atomic mass is 16.5. The third kappa shape index (κ3) is 3.11. The van der Waals surface area contributed by atoms with Gasteiger partial charge in [0.05, 0.1) is 12.8 Å². The summed E-state index contributed by atoms with van der Waals surface area (Å²) < 4.78 is 5.01. The Labute approximate surface area is 79.6 Å². The number of ether oxygens (including phenoxy) is 1. The van der Waals surface area contributed by atoms with Crippen LogP contribution in [0, 0.1) is 0 Å². The largest absolute Gasteiger partial charge is 0.497 e. The van der Waals surface area contributed by atoms with Crippen molar-refractivity contribution in [2.24, 2.45) is 4.99 Å². The highest BCUT2D eigenvalue weighted by molar-refractivity contribution is 5.47. The van der Waals surface area contributed by atoms with E-state index in [0.717, 1.165) is 11.3 Å². The number of allylic oxidation sites excluding steroid dienone is 3. The molecule has 0 unspecified atom stereocenters. The van der Waals surface area contributed by atoms with E-state index in [9.17, 15) is 0 Å². The van der Waals surface area contributed by atoms with Gasteiger partial charge in [0, 0.05) is 5.57 Å². The van der Waals surface area contributed by atoms with Gasteiger partial charge in [-0.3, -0.25) is 4.99 Å². The smallest absolute Gasteiger partial charge is 0.121 e. The lowest BCUT2D eigenvalue weighted by Crippen LogP contribution is -1.93. The van der Waals surface area contributed by atoms with Crippen LogP contribution in [0.2, 0.25) is 0 Å². The Morgan fingerprint density at radius 2 is 2.08 bits per heavy atom. The highest BCUT2D eigenvalue weighted by Crippen LogP contribution is 2.19. The predicted molar refractivity (Wildman–Crippen MR) is 57.7 cm³/mol. The molecule has 0 rings (SSSR count). The monoisotopic (exact) mass is 177 g/mol. The third-order valence-electron chi connectivity index (χ3n) is 1.55. The van der Waals surface area contributed by atoms with Crippen molar-refractivity contribution in [2.75, 3.05) is 7.11 Å². The molecule has 0 heterocycles. The van der Waals surface area contributed by atoms with Crippen LogP contribution in [0.15, 0.2) is 53.4 Å². The Kier molecular flexibility index (Phi) is 5.28. The molecule has 0 spiro atoms. The van der Waals surface area contributed by atoms with Crippen molar-refractivity contribution < 1.29 is 4.74 Å². The SMILES string of the molecule is C=C/C=C(C(=C)OC)\C(=C/C)N=C. The average Bonchev–Trinajstić information content (AvgIpc) is 2.17. The minimum atomic E-state index is 0.556. The highest BCUT2D eigenvalue weighted by Gasteiger charge is 2.05. The van der Waals surface area contributed by atoms with Gasteiger partial charge >= 0.3 is 0 Å². The second-order valence-electron chi connectivity index (χ2n) is 2.28. The lowest BCUT2D eigenvalue weighted by Gasteiger charge is -2.08. The van der Waals surface area contributed by atoms with Crippen LogP contribution in [0.25, 0.3) is 0 Å².